The fourth-order valence-corrected chi connectivity index (χ4v) is 8.50. The number of rotatable bonds is 8. The van der Waals surface area contributed by atoms with Crippen LogP contribution in [0.5, 0.6) is 0 Å². The predicted molar refractivity (Wildman–Crippen MR) is 139 cm³/mol. The van der Waals surface area contributed by atoms with Gasteiger partial charge in [-0.3, -0.25) is 9.59 Å². The van der Waals surface area contributed by atoms with Gasteiger partial charge < -0.3 is 20.8 Å². The topological polar surface area (TPSA) is 133 Å². The van der Waals surface area contributed by atoms with Crippen molar-refractivity contribution < 1.29 is 41.4 Å². The standard InChI is InChI=1S/C27H28ClF3N2O6S/c28-19-4-1-14(25(36)32-17-10-20(29)24(31)21(30)11-17)7-22(19)40(38,39)18-8-15-2-3-16(9-18)27(15,37)12-23(35)33-26(13-34)5-6-26/h1,4,7,10-11,15-16,18,34,37H,2-3,5-6,8-9,12-13H2,(H,32,36)(H,33,35)/t15-,16?,18-,27-/m0/s1. The Labute approximate surface area is 233 Å². The van der Waals surface area contributed by atoms with Crippen molar-refractivity contribution in [2.45, 2.75) is 66.2 Å². The summed E-state index contributed by atoms with van der Waals surface area (Å²) in [5, 5.41) is 24.9. The Kier molecular flexibility index (Phi) is 7.43. The monoisotopic (exact) mass is 600 g/mol. The number of aliphatic hydroxyl groups excluding tert-OH is 1. The smallest absolute Gasteiger partial charge is 0.255 e. The molecule has 0 aliphatic heterocycles. The lowest BCUT2D eigenvalue weighted by molar-refractivity contribution is -0.133. The maximum Gasteiger partial charge on any atom is 0.255 e. The maximum atomic E-state index is 13.7. The third kappa shape index (κ3) is 5.22. The first-order valence-electron chi connectivity index (χ1n) is 12.9. The normalized spacial score (nSPS) is 26.8. The molecule has 3 aliphatic carbocycles. The summed E-state index contributed by atoms with van der Waals surface area (Å²) in [4.78, 5) is 25.1. The van der Waals surface area contributed by atoms with Crippen LogP contribution in [0.25, 0.3) is 0 Å². The van der Waals surface area contributed by atoms with Crippen LogP contribution in [0.1, 0.15) is 55.3 Å². The minimum Gasteiger partial charge on any atom is -0.394 e. The Balaban J connectivity index is 1.33. The van der Waals surface area contributed by atoms with Gasteiger partial charge in [0.05, 0.1) is 39.3 Å². The summed E-state index contributed by atoms with van der Waals surface area (Å²) in [6.07, 6.45) is 2.42. The first-order chi connectivity index (χ1) is 18.8. The molecular formula is C27H28ClF3N2O6S. The van der Waals surface area contributed by atoms with Gasteiger partial charge in [0.15, 0.2) is 27.3 Å². The average Bonchev–Trinajstić information content (AvgIpc) is 3.65. The van der Waals surface area contributed by atoms with Gasteiger partial charge in [0, 0.05) is 23.4 Å². The van der Waals surface area contributed by atoms with Gasteiger partial charge in [-0.2, -0.15) is 0 Å². The van der Waals surface area contributed by atoms with Crippen molar-refractivity contribution in [2.75, 3.05) is 11.9 Å². The van der Waals surface area contributed by atoms with Gasteiger partial charge in [-0.05, 0) is 68.6 Å². The summed E-state index contributed by atoms with van der Waals surface area (Å²) < 4.78 is 67.7. The van der Waals surface area contributed by atoms with Crippen LogP contribution in [-0.2, 0) is 14.6 Å². The number of nitrogens with one attached hydrogen (secondary N) is 2. The Morgan fingerprint density at radius 1 is 1.02 bits per heavy atom. The van der Waals surface area contributed by atoms with Crippen LogP contribution in [0, 0.1) is 29.3 Å². The van der Waals surface area contributed by atoms with Crippen LogP contribution in [0.2, 0.25) is 5.02 Å². The fourth-order valence-electron chi connectivity index (χ4n) is 6.10. The number of anilines is 1. The molecule has 4 atom stereocenters. The lowest BCUT2D eigenvalue weighted by Gasteiger charge is -2.42. The molecule has 0 saturated heterocycles. The summed E-state index contributed by atoms with van der Waals surface area (Å²) >= 11 is 6.24. The average molecular weight is 601 g/mol. The summed E-state index contributed by atoms with van der Waals surface area (Å²) in [6.45, 7) is -0.181. The van der Waals surface area contributed by atoms with E-state index < -0.39 is 61.4 Å². The first-order valence-corrected chi connectivity index (χ1v) is 14.8. The molecule has 2 aromatic carbocycles. The lowest BCUT2D eigenvalue weighted by atomic mass is 9.72. The zero-order valence-electron chi connectivity index (χ0n) is 21.2. The highest BCUT2D eigenvalue weighted by molar-refractivity contribution is 7.92. The molecule has 13 heteroatoms. The molecule has 2 bridgehead atoms. The highest BCUT2D eigenvalue weighted by Gasteiger charge is 2.57. The van der Waals surface area contributed by atoms with Gasteiger partial charge in [-0.25, -0.2) is 21.6 Å². The van der Waals surface area contributed by atoms with E-state index >= 15 is 0 Å². The number of fused-ring (bicyclic) bond motifs is 2. The molecule has 2 amide bonds. The van der Waals surface area contributed by atoms with Crippen LogP contribution >= 0.6 is 11.6 Å². The molecule has 0 heterocycles. The maximum absolute atomic E-state index is 13.7. The van der Waals surface area contributed by atoms with Gasteiger partial charge >= 0.3 is 0 Å². The lowest BCUT2D eigenvalue weighted by Crippen LogP contribution is -2.52. The van der Waals surface area contributed by atoms with E-state index in [0.717, 1.165) is 6.07 Å². The number of hydrogen-bond donors (Lipinski definition) is 4. The van der Waals surface area contributed by atoms with E-state index in [-0.39, 0.29) is 52.9 Å². The molecule has 0 spiro atoms. The van der Waals surface area contributed by atoms with E-state index in [0.29, 0.717) is 37.8 Å². The molecule has 3 aliphatic rings. The van der Waals surface area contributed by atoms with Gasteiger partial charge in [0.2, 0.25) is 5.91 Å². The van der Waals surface area contributed by atoms with E-state index in [2.05, 4.69) is 10.6 Å². The Bertz CT molecular complexity index is 1450. The molecule has 0 aromatic heterocycles. The van der Waals surface area contributed by atoms with Crippen LogP contribution < -0.4 is 10.6 Å². The number of halogens is 4. The van der Waals surface area contributed by atoms with Crippen molar-refractivity contribution in [3.63, 3.8) is 0 Å². The Morgan fingerprint density at radius 2 is 1.62 bits per heavy atom. The third-order valence-corrected chi connectivity index (χ3v) is 11.2. The SMILES string of the molecule is O=C(C[C@@]1(O)C2CC[C@H]1C[C@H](S(=O)(=O)c1cc(C(=O)Nc3cc(F)c(F)c(F)c3)ccc1Cl)C2)NC1(CO)CC1. The van der Waals surface area contributed by atoms with Crippen molar-refractivity contribution in [3.05, 3.63) is 58.4 Å². The Hall–Kier alpha value is -2.67. The second-order valence-corrected chi connectivity index (χ2v) is 13.7. The molecule has 40 heavy (non-hydrogen) atoms. The van der Waals surface area contributed by atoms with Gasteiger partial charge in [-0.15, -0.1) is 0 Å². The van der Waals surface area contributed by atoms with E-state index in [1.165, 1.54) is 12.1 Å². The zero-order chi connectivity index (χ0) is 29.0. The number of carbonyl (C=O) groups is 2. The quantitative estimate of drug-likeness (QED) is 0.341. The van der Waals surface area contributed by atoms with Crippen LogP contribution in [0.4, 0.5) is 18.9 Å². The van der Waals surface area contributed by atoms with Crippen molar-refractivity contribution in [2.24, 2.45) is 11.8 Å². The molecule has 4 N–H and O–H groups in total. The van der Waals surface area contributed by atoms with Crippen molar-refractivity contribution in [1.29, 1.82) is 0 Å². The van der Waals surface area contributed by atoms with E-state index in [1.807, 2.05) is 0 Å². The predicted octanol–water partition coefficient (Wildman–Crippen LogP) is 3.73. The second-order valence-electron chi connectivity index (χ2n) is 11.1. The molecular weight excluding hydrogens is 573 g/mol. The molecule has 216 valence electrons. The highest BCUT2D eigenvalue weighted by atomic mass is 35.5. The molecule has 0 radical (unpaired) electrons. The largest absolute Gasteiger partial charge is 0.394 e. The minimum absolute atomic E-state index is 0.0919. The molecule has 3 fully saturated rings. The van der Waals surface area contributed by atoms with Crippen molar-refractivity contribution >= 4 is 38.9 Å². The van der Waals surface area contributed by atoms with Crippen LogP contribution in [0.15, 0.2) is 35.2 Å². The van der Waals surface area contributed by atoms with Crippen LogP contribution in [0.3, 0.4) is 0 Å². The first kappa shape index (κ1) is 28.8. The Morgan fingerprint density at radius 3 is 2.17 bits per heavy atom. The zero-order valence-corrected chi connectivity index (χ0v) is 22.8. The van der Waals surface area contributed by atoms with Gasteiger partial charge in [0.1, 0.15) is 0 Å². The van der Waals surface area contributed by atoms with Crippen LogP contribution in [-0.4, -0.2) is 53.4 Å². The summed E-state index contributed by atoms with van der Waals surface area (Å²) in [7, 11) is -4.09. The minimum atomic E-state index is -4.09. The number of amides is 2. The fraction of sp³-hybridized carbons (Fsp3) is 0.481. The molecule has 3 saturated carbocycles. The third-order valence-electron chi connectivity index (χ3n) is 8.56. The number of carbonyl (C=O) groups excluding carboxylic acids is 2. The van der Waals surface area contributed by atoms with Crippen molar-refractivity contribution in [1.82, 2.24) is 5.32 Å². The molecule has 8 nitrogen and oxygen atoms in total. The van der Waals surface area contributed by atoms with E-state index in [9.17, 15) is 41.4 Å². The highest BCUT2D eigenvalue weighted by Crippen LogP contribution is 2.53. The second kappa shape index (κ2) is 10.3. The molecule has 2 aromatic rings. The number of hydrogen-bond acceptors (Lipinski definition) is 6. The van der Waals surface area contributed by atoms with Gasteiger partial charge in [-0.1, -0.05) is 11.6 Å². The molecule has 1 unspecified atom stereocenters. The van der Waals surface area contributed by atoms with E-state index in [4.69, 9.17) is 11.6 Å². The molecule has 5 rings (SSSR count). The number of sulfone groups is 1. The summed E-state index contributed by atoms with van der Waals surface area (Å²) in [5.74, 6) is -6.86. The van der Waals surface area contributed by atoms with Crippen molar-refractivity contribution in [3.8, 4) is 0 Å². The number of aliphatic hydroxyl groups is 2. The number of benzene rings is 2. The van der Waals surface area contributed by atoms with E-state index in [1.54, 1.807) is 0 Å². The summed E-state index contributed by atoms with van der Waals surface area (Å²) in [5.41, 5.74) is -2.51. The summed E-state index contributed by atoms with van der Waals surface area (Å²) in [6, 6.07) is 4.73. The van der Waals surface area contributed by atoms with Gasteiger partial charge in [0.25, 0.3) is 5.91 Å².